The molecule has 3 heterocycles. The second-order valence-corrected chi connectivity index (χ2v) is 8.84. The average molecular weight is 425 g/mol. The van der Waals surface area contributed by atoms with Gasteiger partial charge in [0.25, 0.3) is 0 Å². The Morgan fingerprint density at radius 3 is 2.93 bits per heavy atom. The first-order valence-corrected chi connectivity index (χ1v) is 11.5. The van der Waals surface area contributed by atoms with Crippen LogP contribution in [0.15, 0.2) is 47.8 Å². The highest BCUT2D eigenvalue weighted by molar-refractivity contribution is 7.09. The zero-order valence-electron chi connectivity index (χ0n) is 17.1. The van der Waals surface area contributed by atoms with Gasteiger partial charge in [-0.1, -0.05) is 36.4 Å². The molecule has 0 aliphatic carbocycles. The van der Waals surface area contributed by atoms with E-state index in [9.17, 15) is 4.79 Å². The molecule has 7 nitrogen and oxygen atoms in total. The van der Waals surface area contributed by atoms with Crippen molar-refractivity contribution >= 4 is 17.2 Å². The molecule has 1 fully saturated rings. The van der Waals surface area contributed by atoms with Crippen LogP contribution in [-0.2, 0) is 17.9 Å². The molecule has 2 aromatic heterocycles. The topological polar surface area (TPSA) is 75.9 Å². The Bertz CT molecular complexity index is 911. The molecule has 3 aromatic rings. The molecule has 1 N–H and O–H groups in total. The smallest absolute Gasteiger partial charge is 0.220 e. The van der Waals surface area contributed by atoms with Gasteiger partial charge in [-0.05, 0) is 48.4 Å². The number of hydrogen-bond donors (Lipinski definition) is 1. The van der Waals surface area contributed by atoms with Gasteiger partial charge < -0.3 is 5.32 Å². The molecule has 0 bridgehead atoms. The van der Waals surface area contributed by atoms with Gasteiger partial charge in [0, 0.05) is 36.5 Å². The van der Waals surface area contributed by atoms with Gasteiger partial charge in [-0.2, -0.15) is 4.80 Å². The summed E-state index contributed by atoms with van der Waals surface area (Å²) in [5.74, 6) is 1.26. The first kappa shape index (κ1) is 20.7. The fraction of sp³-hybridized carbons (Fsp3) is 0.455. The number of carbonyl (C=O) groups is 1. The summed E-state index contributed by atoms with van der Waals surface area (Å²) < 4.78 is 0. The molecule has 0 saturated carbocycles. The van der Waals surface area contributed by atoms with Crippen LogP contribution in [0.3, 0.4) is 0 Å². The van der Waals surface area contributed by atoms with Crippen LogP contribution in [0.1, 0.15) is 30.6 Å². The van der Waals surface area contributed by atoms with Gasteiger partial charge in [-0.3, -0.25) is 9.69 Å². The molecule has 1 unspecified atom stereocenters. The number of aryl methyl sites for hydroxylation is 1. The summed E-state index contributed by atoms with van der Waals surface area (Å²) in [5, 5.41) is 17.8. The van der Waals surface area contributed by atoms with E-state index in [1.807, 2.05) is 41.7 Å². The Labute approximate surface area is 181 Å². The monoisotopic (exact) mass is 424 g/mol. The highest BCUT2D eigenvalue weighted by Gasteiger charge is 2.20. The molecule has 1 aliphatic heterocycles. The first-order valence-electron chi connectivity index (χ1n) is 10.6. The number of tetrazole rings is 1. The SMILES string of the molecule is O=C(CCCn1nnc(-c2ccccc2)n1)NCC1CCCN(Cc2cccs2)C1. The fourth-order valence-electron chi connectivity index (χ4n) is 3.85. The van der Waals surface area contributed by atoms with Crippen molar-refractivity contribution in [2.75, 3.05) is 19.6 Å². The second kappa shape index (κ2) is 10.4. The van der Waals surface area contributed by atoms with E-state index >= 15 is 0 Å². The summed E-state index contributed by atoms with van der Waals surface area (Å²) in [6.45, 7) is 4.59. The summed E-state index contributed by atoms with van der Waals surface area (Å²) in [7, 11) is 0. The lowest BCUT2D eigenvalue weighted by molar-refractivity contribution is -0.121. The minimum absolute atomic E-state index is 0.105. The normalized spacial score (nSPS) is 17.1. The van der Waals surface area contributed by atoms with Crippen LogP contribution in [0.25, 0.3) is 11.4 Å². The number of hydrogen-bond acceptors (Lipinski definition) is 6. The van der Waals surface area contributed by atoms with Crippen LogP contribution in [0.2, 0.25) is 0 Å². The summed E-state index contributed by atoms with van der Waals surface area (Å²) in [6.07, 6.45) is 3.57. The molecule has 158 valence electrons. The maximum absolute atomic E-state index is 12.3. The van der Waals surface area contributed by atoms with Crippen LogP contribution >= 0.6 is 11.3 Å². The zero-order chi connectivity index (χ0) is 20.6. The van der Waals surface area contributed by atoms with Gasteiger partial charge in [0.1, 0.15) is 0 Å². The van der Waals surface area contributed by atoms with E-state index in [2.05, 4.69) is 43.1 Å². The molecule has 0 radical (unpaired) electrons. The van der Waals surface area contributed by atoms with Crippen molar-refractivity contribution in [2.45, 2.75) is 38.8 Å². The third-order valence-corrected chi connectivity index (χ3v) is 6.26. The van der Waals surface area contributed by atoms with Crippen molar-refractivity contribution in [1.82, 2.24) is 30.4 Å². The van der Waals surface area contributed by atoms with Crippen molar-refractivity contribution in [1.29, 1.82) is 0 Å². The molecule has 30 heavy (non-hydrogen) atoms. The van der Waals surface area contributed by atoms with Gasteiger partial charge in [0.2, 0.25) is 11.7 Å². The minimum Gasteiger partial charge on any atom is -0.356 e. The summed E-state index contributed by atoms with van der Waals surface area (Å²) >= 11 is 1.82. The van der Waals surface area contributed by atoms with E-state index in [4.69, 9.17) is 0 Å². The Hall–Kier alpha value is -2.58. The molecule has 1 atom stereocenters. The van der Waals surface area contributed by atoms with Gasteiger partial charge >= 0.3 is 0 Å². The number of amides is 1. The quantitative estimate of drug-likeness (QED) is 0.571. The molecule has 1 saturated heterocycles. The minimum atomic E-state index is 0.105. The van der Waals surface area contributed by atoms with E-state index in [0.717, 1.165) is 31.7 Å². The van der Waals surface area contributed by atoms with Gasteiger partial charge in [-0.25, -0.2) is 0 Å². The molecule has 1 aromatic carbocycles. The number of piperidine rings is 1. The van der Waals surface area contributed by atoms with Gasteiger partial charge in [0.15, 0.2) is 0 Å². The van der Waals surface area contributed by atoms with Gasteiger partial charge in [-0.15, -0.1) is 21.5 Å². The van der Waals surface area contributed by atoms with Crippen LogP contribution in [0.5, 0.6) is 0 Å². The number of carbonyl (C=O) groups excluding carboxylic acids is 1. The van der Waals surface area contributed by atoms with Crippen LogP contribution in [0, 0.1) is 5.92 Å². The predicted molar refractivity (Wildman–Crippen MR) is 118 cm³/mol. The average Bonchev–Trinajstić information content (AvgIpc) is 3.46. The maximum Gasteiger partial charge on any atom is 0.220 e. The number of benzene rings is 1. The van der Waals surface area contributed by atoms with Crippen molar-refractivity contribution in [3.63, 3.8) is 0 Å². The summed E-state index contributed by atoms with van der Waals surface area (Å²) in [4.78, 5) is 17.7. The lowest BCUT2D eigenvalue weighted by Crippen LogP contribution is -2.40. The lowest BCUT2D eigenvalue weighted by Gasteiger charge is -2.32. The van der Waals surface area contributed by atoms with E-state index in [-0.39, 0.29) is 5.91 Å². The van der Waals surface area contributed by atoms with E-state index < -0.39 is 0 Å². The molecule has 8 heteroatoms. The van der Waals surface area contributed by atoms with Gasteiger partial charge in [0.05, 0.1) is 6.54 Å². The predicted octanol–water partition coefficient (Wildman–Crippen LogP) is 3.21. The summed E-state index contributed by atoms with van der Waals surface area (Å²) in [6, 6.07) is 14.1. The Balaban J connectivity index is 1.14. The van der Waals surface area contributed by atoms with Crippen molar-refractivity contribution in [2.24, 2.45) is 5.92 Å². The Morgan fingerprint density at radius 1 is 1.20 bits per heavy atom. The molecular formula is C22H28N6OS. The van der Waals surface area contributed by atoms with E-state index in [1.54, 1.807) is 4.80 Å². The van der Waals surface area contributed by atoms with E-state index in [0.29, 0.717) is 31.1 Å². The first-order chi connectivity index (χ1) is 14.8. The molecule has 1 amide bonds. The highest BCUT2D eigenvalue weighted by atomic mass is 32.1. The molecule has 0 spiro atoms. The number of nitrogens with one attached hydrogen (secondary N) is 1. The zero-order valence-corrected chi connectivity index (χ0v) is 17.9. The number of likely N-dealkylation sites (tertiary alicyclic amines) is 1. The third-order valence-electron chi connectivity index (χ3n) is 5.40. The number of nitrogens with zero attached hydrogens (tertiary/aromatic N) is 5. The summed E-state index contributed by atoms with van der Waals surface area (Å²) in [5.41, 5.74) is 0.946. The molecule has 1 aliphatic rings. The number of rotatable bonds is 9. The third kappa shape index (κ3) is 5.96. The Kier molecular flexibility index (Phi) is 7.20. The molecule has 4 rings (SSSR count). The highest BCUT2D eigenvalue weighted by Crippen LogP contribution is 2.20. The van der Waals surface area contributed by atoms with Crippen molar-refractivity contribution < 1.29 is 4.79 Å². The lowest BCUT2D eigenvalue weighted by atomic mass is 9.98. The van der Waals surface area contributed by atoms with Crippen LogP contribution in [0.4, 0.5) is 0 Å². The standard InChI is InChI=1S/C22H28N6OS/c29-21(11-5-13-28-25-22(24-26-28)19-8-2-1-3-9-19)23-15-18-7-4-12-27(16-18)17-20-10-6-14-30-20/h1-3,6,8-10,14,18H,4-5,7,11-13,15-17H2,(H,23,29). The fourth-order valence-corrected chi connectivity index (χ4v) is 4.60. The van der Waals surface area contributed by atoms with E-state index in [1.165, 1.54) is 17.7 Å². The molecular weight excluding hydrogens is 396 g/mol. The maximum atomic E-state index is 12.3. The Morgan fingerprint density at radius 2 is 2.10 bits per heavy atom. The van der Waals surface area contributed by atoms with Crippen molar-refractivity contribution in [3.05, 3.63) is 52.7 Å². The van der Waals surface area contributed by atoms with Crippen molar-refractivity contribution in [3.8, 4) is 11.4 Å². The second-order valence-electron chi connectivity index (χ2n) is 7.81. The number of aromatic nitrogens is 4. The van der Waals surface area contributed by atoms with Crippen LogP contribution < -0.4 is 5.32 Å². The number of thiophene rings is 1. The van der Waals surface area contributed by atoms with Crippen LogP contribution in [-0.4, -0.2) is 50.6 Å². The largest absolute Gasteiger partial charge is 0.356 e.